The van der Waals surface area contributed by atoms with Crippen LogP contribution in [0.15, 0.2) is 41.2 Å². The largest absolute Gasteiger partial charge is 0.331 e. The monoisotopic (exact) mass is 304 g/mol. The zero-order valence-corrected chi connectivity index (χ0v) is 11.8. The smallest absolute Gasteiger partial charge is 0.266 e. The molecule has 0 spiro atoms. The molecular weight excluding hydrogens is 294 g/mol. The van der Waals surface area contributed by atoms with Crippen molar-refractivity contribution < 1.29 is 8.78 Å². The summed E-state index contributed by atoms with van der Waals surface area (Å²) in [5, 5.41) is 0.410. The van der Waals surface area contributed by atoms with E-state index >= 15 is 0 Å². The minimum Gasteiger partial charge on any atom is -0.331 e. The van der Waals surface area contributed by atoms with Gasteiger partial charge in [0.15, 0.2) is 4.77 Å². The first-order valence-electron chi connectivity index (χ1n) is 6.18. The maximum absolute atomic E-state index is 13.4. The van der Waals surface area contributed by atoms with Crippen molar-refractivity contribution in [2.24, 2.45) is 0 Å². The molecule has 0 saturated carbocycles. The fraction of sp³-hybridized carbons (Fsp3) is 0.0667. The molecule has 0 radical (unpaired) electrons. The van der Waals surface area contributed by atoms with E-state index in [2.05, 4.69) is 4.98 Å². The van der Waals surface area contributed by atoms with E-state index in [1.165, 1.54) is 0 Å². The number of nitrogens with one attached hydrogen (secondary N) is 1. The Labute approximate surface area is 123 Å². The Hall–Kier alpha value is -2.34. The normalized spacial score (nSPS) is 11.0. The van der Waals surface area contributed by atoms with Crippen LogP contribution in [0.3, 0.4) is 0 Å². The molecule has 0 amide bonds. The molecule has 3 nitrogen and oxygen atoms in total. The summed E-state index contributed by atoms with van der Waals surface area (Å²) >= 11 is 5.13. The standard InChI is InChI=1S/C15H10F2N2OS/c1-8-2-3-13-12(4-8)14(20)19(15(21)18-13)11-6-9(16)5-10(17)7-11/h2-7H,1H3,(H,18,21). The summed E-state index contributed by atoms with van der Waals surface area (Å²) in [6, 6.07) is 8.17. The van der Waals surface area contributed by atoms with Crippen LogP contribution in [0.1, 0.15) is 5.56 Å². The van der Waals surface area contributed by atoms with Gasteiger partial charge in [-0.1, -0.05) is 11.6 Å². The summed E-state index contributed by atoms with van der Waals surface area (Å²) in [5.74, 6) is -1.54. The van der Waals surface area contributed by atoms with E-state index in [0.29, 0.717) is 10.9 Å². The maximum atomic E-state index is 13.4. The molecular formula is C15H10F2N2OS. The molecule has 0 unspecified atom stereocenters. The lowest BCUT2D eigenvalue weighted by Gasteiger charge is -2.09. The fourth-order valence-corrected chi connectivity index (χ4v) is 2.53. The van der Waals surface area contributed by atoms with Crippen molar-refractivity contribution in [3.8, 4) is 5.69 Å². The number of benzene rings is 2. The molecule has 3 aromatic rings. The maximum Gasteiger partial charge on any atom is 0.266 e. The van der Waals surface area contributed by atoms with Gasteiger partial charge in [-0.15, -0.1) is 0 Å². The van der Waals surface area contributed by atoms with Gasteiger partial charge < -0.3 is 4.98 Å². The van der Waals surface area contributed by atoms with Gasteiger partial charge >= 0.3 is 0 Å². The minimum atomic E-state index is -0.768. The third kappa shape index (κ3) is 2.38. The van der Waals surface area contributed by atoms with Crippen molar-refractivity contribution >= 4 is 23.1 Å². The second-order valence-electron chi connectivity index (χ2n) is 4.75. The molecule has 3 rings (SSSR count). The van der Waals surface area contributed by atoms with Crippen LogP contribution in [0.25, 0.3) is 16.6 Å². The number of fused-ring (bicyclic) bond motifs is 1. The van der Waals surface area contributed by atoms with Crippen LogP contribution < -0.4 is 5.56 Å². The lowest BCUT2D eigenvalue weighted by Crippen LogP contribution is -2.20. The van der Waals surface area contributed by atoms with E-state index in [9.17, 15) is 13.6 Å². The lowest BCUT2D eigenvalue weighted by atomic mass is 10.1. The molecule has 106 valence electrons. The van der Waals surface area contributed by atoms with Crippen molar-refractivity contribution in [2.45, 2.75) is 6.92 Å². The van der Waals surface area contributed by atoms with Gasteiger partial charge in [-0.25, -0.2) is 8.78 Å². The molecule has 0 aliphatic heterocycles. The third-order valence-electron chi connectivity index (χ3n) is 3.16. The summed E-state index contributed by atoms with van der Waals surface area (Å²) in [4.78, 5) is 15.5. The average molecular weight is 304 g/mol. The number of hydrogen-bond donors (Lipinski definition) is 1. The topological polar surface area (TPSA) is 37.8 Å². The number of hydrogen-bond acceptors (Lipinski definition) is 2. The molecule has 0 aliphatic rings. The fourth-order valence-electron chi connectivity index (χ4n) is 2.23. The molecule has 6 heteroatoms. The summed E-state index contributed by atoms with van der Waals surface area (Å²) in [5.41, 5.74) is 1.13. The van der Waals surface area contributed by atoms with Gasteiger partial charge in [-0.05, 0) is 43.4 Å². The highest BCUT2D eigenvalue weighted by atomic mass is 32.1. The zero-order valence-electron chi connectivity index (χ0n) is 11.0. The average Bonchev–Trinajstić information content (AvgIpc) is 2.39. The van der Waals surface area contributed by atoms with E-state index in [1.807, 2.05) is 13.0 Å². The number of H-pyrrole nitrogens is 1. The van der Waals surface area contributed by atoms with Crippen molar-refractivity contribution in [1.82, 2.24) is 9.55 Å². The SMILES string of the molecule is Cc1ccc2[nH]c(=S)n(-c3cc(F)cc(F)c3)c(=O)c2c1. The Morgan fingerprint density at radius 2 is 1.76 bits per heavy atom. The second kappa shape index (κ2) is 4.89. The quantitative estimate of drug-likeness (QED) is 0.697. The molecule has 1 N–H and O–H groups in total. The van der Waals surface area contributed by atoms with Crippen molar-refractivity contribution in [3.05, 3.63) is 68.7 Å². The molecule has 2 aromatic carbocycles. The summed E-state index contributed by atoms with van der Waals surface area (Å²) in [6.07, 6.45) is 0. The van der Waals surface area contributed by atoms with Crippen LogP contribution in [-0.4, -0.2) is 9.55 Å². The highest BCUT2D eigenvalue weighted by Gasteiger charge is 2.10. The van der Waals surface area contributed by atoms with Gasteiger partial charge in [-0.3, -0.25) is 9.36 Å². The second-order valence-corrected chi connectivity index (χ2v) is 5.13. The predicted octanol–water partition coefficient (Wildman–Crippen LogP) is 3.63. The highest BCUT2D eigenvalue weighted by Crippen LogP contribution is 2.15. The van der Waals surface area contributed by atoms with Gasteiger partial charge in [0.1, 0.15) is 11.6 Å². The zero-order chi connectivity index (χ0) is 15.1. The van der Waals surface area contributed by atoms with Gasteiger partial charge in [0, 0.05) is 6.07 Å². The number of aryl methyl sites for hydroxylation is 1. The van der Waals surface area contributed by atoms with Crippen molar-refractivity contribution in [3.63, 3.8) is 0 Å². The Bertz CT molecular complexity index is 955. The molecule has 0 bridgehead atoms. The van der Waals surface area contributed by atoms with Crippen LogP contribution in [-0.2, 0) is 0 Å². The van der Waals surface area contributed by atoms with E-state index in [1.54, 1.807) is 12.1 Å². The van der Waals surface area contributed by atoms with Crippen LogP contribution in [0.4, 0.5) is 8.78 Å². The number of nitrogens with zero attached hydrogens (tertiary/aromatic N) is 1. The first kappa shape index (κ1) is 13.6. The Morgan fingerprint density at radius 3 is 2.43 bits per heavy atom. The number of aromatic nitrogens is 2. The molecule has 0 aliphatic carbocycles. The van der Waals surface area contributed by atoms with E-state index < -0.39 is 17.2 Å². The number of halogens is 2. The van der Waals surface area contributed by atoms with Crippen LogP contribution in [0.2, 0.25) is 0 Å². The van der Waals surface area contributed by atoms with E-state index in [-0.39, 0.29) is 10.5 Å². The number of rotatable bonds is 1. The predicted molar refractivity (Wildman–Crippen MR) is 79.4 cm³/mol. The Morgan fingerprint density at radius 1 is 1.10 bits per heavy atom. The Kier molecular flexibility index (Phi) is 3.17. The summed E-state index contributed by atoms with van der Waals surface area (Å²) < 4.78 is 27.9. The van der Waals surface area contributed by atoms with Crippen LogP contribution >= 0.6 is 12.2 Å². The van der Waals surface area contributed by atoms with E-state index in [4.69, 9.17) is 12.2 Å². The molecule has 0 atom stereocenters. The van der Waals surface area contributed by atoms with Crippen molar-refractivity contribution in [1.29, 1.82) is 0 Å². The van der Waals surface area contributed by atoms with Crippen molar-refractivity contribution in [2.75, 3.05) is 0 Å². The highest BCUT2D eigenvalue weighted by molar-refractivity contribution is 7.71. The van der Waals surface area contributed by atoms with Crippen LogP contribution in [0, 0.1) is 23.3 Å². The Balaban J connectivity index is 2.42. The van der Waals surface area contributed by atoms with Gasteiger partial charge in [-0.2, -0.15) is 0 Å². The van der Waals surface area contributed by atoms with E-state index in [0.717, 1.165) is 28.3 Å². The molecule has 0 saturated heterocycles. The van der Waals surface area contributed by atoms with Gasteiger partial charge in [0.25, 0.3) is 5.56 Å². The molecule has 1 heterocycles. The summed E-state index contributed by atoms with van der Waals surface area (Å²) in [7, 11) is 0. The third-order valence-corrected chi connectivity index (χ3v) is 3.44. The molecule has 21 heavy (non-hydrogen) atoms. The minimum absolute atomic E-state index is 0.0576. The van der Waals surface area contributed by atoms with Gasteiger partial charge in [0.2, 0.25) is 0 Å². The van der Waals surface area contributed by atoms with Gasteiger partial charge in [0.05, 0.1) is 16.6 Å². The molecule has 1 aromatic heterocycles. The lowest BCUT2D eigenvalue weighted by molar-refractivity contribution is 0.581. The molecule has 0 fully saturated rings. The van der Waals surface area contributed by atoms with Crippen LogP contribution in [0.5, 0.6) is 0 Å². The first-order valence-corrected chi connectivity index (χ1v) is 6.59. The first-order chi connectivity index (χ1) is 9.95. The summed E-state index contributed by atoms with van der Waals surface area (Å²) in [6.45, 7) is 1.85. The number of aromatic amines is 1.